The van der Waals surface area contributed by atoms with E-state index in [1.807, 2.05) is 54.6 Å². The molecule has 3 rings (SSSR count). The molecule has 1 heterocycles. The number of para-hydroxylation sites is 1. The van der Waals surface area contributed by atoms with Crippen LogP contribution in [0.4, 0.5) is 5.69 Å². The fraction of sp³-hybridized carbons (Fsp3) is 0.0556. The molecular weight excluding hydrogens is 356 g/mol. The van der Waals surface area contributed by atoms with Crippen molar-refractivity contribution in [3.8, 4) is 11.1 Å². The Morgan fingerprint density at radius 3 is 2.56 bits per heavy atom. The predicted molar refractivity (Wildman–Crippen MR) is 103 cm³/mol. The number of carboxylic acids is 1. The summed E-state index contributed by atoms with van der Waals surface area (Å²) in [5, 5.41) is 12.0. The van der Waals surface area contributed by atoms with Crippen LogP contribution in [0.1, 0.15) is 0 Å². The van der Waals surface area contributed by atoms with Crippen molar-refractivity contribution >= 4 is 45.9 Å². The number of aliphatic carboxylic acids is 1. The van der Waals surface area contributed by atoms with Crippen molar-refractivity contribution in [1.82, 2.24) is 4.90 Å². The van der Waals surface area contributed by atoms with Crippen LogP contribution in [0.5, 0.6) is 0 Å². The van der Waals surface area contributed by atoms with E-state index in [-0.39, 0.29) is 4.32 Å². The van der Waals surface area contributed by atoms with Crippen LogP contribution in [0.2, 0.25) is 0 Å². The van der Waals surface area contributed by atoms with Crippen molar-refractivity contribution in [1.29, 1.82) is 0 Å². The van der Waals surface area contributed by atoms with Gasteiger partial charge in [-0.1, -0.05) is 72.5 Å². The van der Waals surface area contributed by atoms with Gasteiger partial charge in [0.2, 0.25) is 0 Å². The first-order valence-corrected chi connectivity index (χ1v) is 8.65. The van der Waals surface area contributed by atoms with Crippen molar-refractivity contribution < 1.29 is 14.7 Å². The summed E-state index contributed by atoms with van der Waals surface area (Å²) < 4.78 is 0.247. The summed E-state index contributed by atoms with van der Waals surface area (Å²) >= 11 is 6.17. The number of hydrogen-bond acceptors (Lipinski definition) is 5. The number of anilines is 1. The highest BCUT2D eigenvalue weighted by Crippen LogP contribution is 2.32. The number of carbonyl (C=O) groups excluding carboxylic acids is 1. The Morgan fingerprint density at radius 1 is 1.16 bits per heavy atom. The molecule has 1 aliphatic heterocycles. The van der Waals surface area contributed by atoms with E-state index in [2.05, 4.69) is 5.32 Å². The zero-order valence-corrected chi connectivity index (χ0v) is 14.6. The standard InChI is InChI=1S/C18H14N2O3S2/c21-16(22)11-20-17(23)15(25-18(20)24)10-19-14-9-5-4-8-13(14)12-6-2-1-3-7-12/h1-10,19H,11H2,(H,21,22). The van der Waals surface area contributed by atoms with Crippen LogP contribution in [0, 0.1) is 0 Å². The highest BCUT2D eigenvalue weighted by molar-refractivity contribution is 8.26. The Labute approximate surface area is 154 Å². The third-order valence-corrected chi connectivity index (χ3v) is 4.92. The second kappa shape index (κ2) is 7.50. The number of amides is 1. The summed E-state index contributed by atoms with van der Waals surface area (Å²) in [5.41, 5.74) is 2.90. The molecule has 25 heavy (non-hydrogen) atoms. The minimum Gasteiger partial charge on any atom is -0.480 e. The smallest absolute Gasteiger partial charge is 0.323 e. The monoisotopic (exact) mass is 370 g/mol. The number of thiocarbonyl (C=S) groups is 1. The second-order valence-corrected chi connectivity index (χ2v) is 6.89. The molecule has 0 spiro atoms. The maximum Gasteiger partial charge on any atom is 0.323 e. The maximum atomic E-state index is 12.3. The van der Waals surface area contributed by atoms with Crippen LogP contribution < -0.4 is 5.32 Å². The Hall–Kier alpha value is -2.64. The molecule has 2 aromatic carbocycles. The van der Waals surface area contributed by atoms with E-state index in [1.54, 1.807) is 6.20 Å². The fourth-order valence-electron chi connectivity index (χ4n) is 2.39. The van der Waals surface area contributed by atoms with Crippen molar-refractivity contribution in [3.05, 3.63) is 65.7 Å². The third kappa shape index (κ3) is 3.89. The van der Waals surface area contributed by atoms with E-state index in [0.717, 1.165) is 33.5 Å². The summed E-state index contributed by atoms with van der Waals surface area (Å²) in [6, 6.07) is 17.6. The van der Waals surface area contributed by atoms with Crippen LogP contribution in [-0.4, -0.2) is 32.7 Å². The number of nitrogens with zero attached hydrogens (tertiary/aromatic N) is 1. The third-order valence-electron chi connectivity index (χ3n) is 3.54. The number of hydrogen-bond donors (Lipinski definition) is 2. The van der Waals surface area contributed by atoms with E-state index in [4.69, 9.17) is 17.3 Å². The topological polar surface area (TPSA) is 69.6 Å². The highest BCUT2D eigenvalue weighted by atomic mass is 32.2. The van der Waals surface area contributed by atoms with Crippen LogP contribution in [0.15, 0.2) is 65.7 Å². The maximum absolute atomic E-state index is 12.3. The molecule has 0 unspecified atom stereocenters. The van der Waals surface area contributed by atoms with Gasteiger partial charge in [0, 0.05) is 17.5 Å². The molecule has 1 saturated heterocycles. The molecule has 0 aromatic heterocycles. The van der Waals surface area contributed by atoms with Gasteiger partial charge in [-0.3, -0.25) is 14.5 Å². The van der Waals surface area contributed by atoms with Gasteiger partial charge in [0.15, 0.2) is 0 Å². The molecule has 0 aliphatic carbocycles. The summed E-state index contributed by atoms with van der Waals surface area (Å²) in [6.07, 6.45) is 1.57. The lowest BCUT2D eigenvalue weighted by molar-refractivity contribution is -0.140. The summed E-state index contributed by atoms with van der Waals surface area (Å²) in [5.74, 6) is -1.50. The zero-order valence-electron chi connectivity index (χ0n) is 13.0. The minimum atomic E-state index is -1.10. The number of carbonyl (C=O) groups is 2. The van der Waals surface area contributed by atoms with Crippen LogP contribution in [-0.2, 0) is 9.59 Å². The molecular formula is C18H14N2O3S2. The van der Waals surface area contributed by atoms with Gasteiger partial charge in [0.25, 0.3) is 5.91 Å². The Kier molecular flexibility index (Phi) is 5.16. The van der Waals surface area contributed by atoms with Gasteiger partial charge in [-0.25, -0.2) is 0 Å². The second-order valence-electron chi connectivity index (χ2n) is 5.22. The zero-order chi connectivity index (χ0) is 17.8. The van der Waals surface area contributed by atoms with Crippen LogP contribution in [0.3, 0.4) is 0 Å². The molecule has 0 radical (unpaired) electrons. The van der Waals surface area contributed by atoms with Gasteiger partial charge < -0.3 is 10.4 Å². The van der Waals surface area contributed by atoms with Gasteiger partial charge in [-0.15, -0.1) is 0 Å². The molecule has 0 atom stereocenters. The van der Waals surface area contributed by atoms with E-state index >= 15 is 0 Å². The van der Waals surface area contributed by atoms with E-state index < -0.39 is 18.4 Å². The molecule has 0 saturated carbocycles. The van der Waals surface area contributed by atoms with Gasteiger partial charge in [0.05, 0.1) is 4.91 Å². The molecule has 7 heteroatoms. The van der Waals surface area contributed by atoms with Crippen LogP contribution >= 0.6 is 24.0 Å². The molecule has 126 valence electrons. The molecule has 5 nitrogen and oxygen atoms in total. The lowest BCUT2D eigenvalue weighted by Gasteiger charge is -2.11. The van der Waals surface area contributed by atoms with Crippen molar-refractivity contribution in [3.63, 3.8) is 0 Å². The van der Waals surface area contributed by atoms with Crippen molar-refractivity contribution in [2.45, 2.75) is 0 Å². The molecule has 2 N–H and O–H groups in total. The Bertz CT molecular complexity index is 866. The number of rotatable bonds is 5. The first-order chi connectivity index (χ1) is 12.1. The molecule has 1 aliphatic rings. The minimum absolute atomic E-state index is 0.247. The molecule has 1 fully saturated rings. The average molecular weight is 370 g/mol. The SMILES string of the molecule is O=C(O)CN1C(=O)C(=CNc2ccccc2-c2ccccc2)SC1=S. The van der Waals surface area contributed by atoms with E-state index in [1.165, 1.54) is 0 Å². The predicted octanol–water partition coefficient (Wildman–Crippen LogP) is 3.55. The first kappa shape index (κ1) is 17.2. The van der Waals surface area contributed by atoms with Gasteiger partial charge in [-0.2, -0.15) is 0 Å². The molecule has 0 bridgehead atoms. The fourth-order valence-corrected chi connectivity index (χ4v) is 3.57. The van der Waals surface area contributed by atoms with Gasteiger partial charge in [-0.05, 0) is 11.6 Å². The lowest BCUT2D eigenvalue weighted by atomic mass is 10.0. The summed E-state index contributed by atoms with van der Waals surface area (Å²) in [7, 11) is 0. The lowest BCUT2D eigenvalue weighted by Crippen LogP contribution is -2.33. The summed E-state index contributed by atoms with van der Waals surface area (Å²) in [6.45, 7) is -0.428. The Morgan fingerprint density at radius 2 is 1.84 bits per heavy atom. The largest absolute Gasteiger partial charge is 0.480 e. The van der Waals surface area contributed by atoms with Gasteiger partial charge >= 0.3 is 5.97 Å². The number of carboxylic acid groups (broad SMARTS) is 1. The Balaban J connectivity index is 1.83. The van der Waals surface area contributed by atoms with Crippen molar-refractivity contribution in [2.24, 2.45) is 0 Å². The number of nitrogens with one attached hydrogen (secondary N) is 1. The van der Waals surface area contributed by atoms with E-state index in [9.17, 15) is 9.59 Å². The average Bonchev–Trinajstić information content (AvgIpc) is 2.88. The van der Waals surface area contributed by atoms with Gasteiger partial charge in [0.1, 0.15) is 10.9 Å². The number of benzene rings is 2. The number of thioether (sulfide) groups is 1. The van der Waals surface area contributed by atoms with E-state index in [0.29, 0.717) is 4.91 Å². The molecule has 2 aromatic rings. The molecule has 1 amide bonds. The van der Waals surface area contributed by atoms with Crippen LogP contribution in [0.25, 0.3) is 11.1 Å². The summed E-state index contributed by atoms with van der Waals surface area (Å²) in [4.78, 5) is 24.6. The first-order valence-electron chi connectivity index (χ1n) is 7.43. The normalized spacial score (nSPS) is 15.7. The quantitative estimate of drug-likeness (QED) is 0.620. The highest BCUT2D eigenvalue weighted by Gasteiger charge is 2.33. The van der Waals surface area contributed by atoms with Crippen molar-refractivity contribution in [2.75, 3.05) is 11.9 Å².